The molecular weight excluding hydrogens is 256 g/mol. The molecule has 0 aliphatic rings. The number of carbonyl (C=O) groups excluding carboxylic acids is 1. The van der Waals surface area contributed by atoms with Gasteiger partial charge >= 0.3 is 0 Å². The van der Waals surface area contributed by atoms with Crippen LogP contribution in [0, 0.1) is 11.3 Å². The minimum absolute atomic E-state index is 0.0949. The van der Waals surface area contributed by atoms with Crippen molar-refractivity contribution in [2.75, 3.05) is 5.32 Å². The fraction of sp³-hybridized carbons (Fsp3) is 0.200. The van der Waals surface area contributed by atoms with Crippen molar-refractivity contribution in [3.63, 3.8) is 0 Å². The quantitative estimate of drug-likeness (QED) is 0.788. The number of aliphatic hydroxyl groups is 2. The molecule has 5 heteroatoms. The molecule has 2 rings (SSSR count). The molecule has 0 radical (unpaired) electrons. The summed E-state index contributed by atoms with van der Waals surface area (Å²) in [5.74, 6) is -0.417. The summed E-state index contributed by atoms with van der Waals surface area (Å²) in [6.07, 6.45) is -0.237. The molecule has 0 atom stereocenters. The Morgan fingerprint density at radius 1 is 1.15 bits per heavy atom. The van der Waals surface area contributed by atoms with Crippen LogP contribution in [0.15, 0.2) is 30.3 Å². The standard InChI is InChI=1S/C15H14N2O3/c16-7-6-15(20)17-14-5-4-11-10(8-18)2-1-3-12(11)13(14)9-19/h1-5,18-19H,6,8-9H2,(H,17,20). The summed E-state index contributed by atoms with van der Waals surface area (Å²) in [5, 5.41) is 31.6. The summed E-state index contributed by atoms with van der Waals surface area (Å²) >= 11 is 0. The van der Waals surface area contributed by atoms with Crippen molar-refractivity contribution in [2.24, 2.45) is 0 Å². The largest absolute Gasteiger partial charge is 0.392 e. The van der Waals surface area contributed by atoms with Gasteiger partial charge in [0.2, 0.25) is 5.91 Å². The van der Waals surface area contributed by atoms with Gasteiger partial charge in [-0.2, -0.15) is 5.26 Å². The van der Waals surface area contributed by atoms with E-state index in [2.05, 4.69) is 5.32 Å². The number of hydrogen-bond donors (Lipinski definition) is 3. The molecule has 20 heavy (non-hydrogen) atoms. The maximum atomic E-state index is 11.5. The van der Waals surface area contributed by atoms with E-state index in [0.29, 0.717) is 11.3 Å². The van der Waals surface area contributed by atoms with E-state index in [1.54, 1.807) is 30.3 Å². The zero-order valence-corrected chi connectivity index (χ0v) is 10.8. The van der Waals surface area contributed by atoms with E-state index < -0.39 is 5.91 Å². The van der Waals surface area contributed by atoms with Gasteiger partial charge in [-0.1, -0.05) is 24.3 Å². The second-order valence-electron chi connectivity index (χ2n) is 4.30. The number of nitrogens with one attached hydrogen (secondary N) is 1. The van der Waals surface area contributed by atoms with Crippen LogP contribution in [0.4, 0.5) is 5.69 Å². The summed E-state index contributed by atoms with van der Waals surface area (Å²) in [5.41, 5.74) is 1.81. The van der Waals surface area contributed by atoms with Crippen molar-refractivity contribution >= 4 is 22.4 Å². The highest BCUT2D eigenvalue weighted by Crippen LogP contribution is 2.28. The molecule has 0 aromatic heterocycles. The number of hydrogen-bond acceptors (Lipinski definition) is 4. The third-order valence-electron chi connectivity index (χ3n) is 3.11. The van der Waals surface area contributed by atoms with E-state index in [9.17, 15) is 15.0 Å². The monoisotopic (exact) mass is 270 g/mol. The molecule has 0 aliphatic heterocycles. The van der Waals surface area contributed by atoms with E-state index in [-0.39, 0.29) is 19.6 Å². The lowest BCUT2D eigenvalue weighted by Gasteiger charge is -2.13. The van der Waals surface area contributed by atoms with Gasteiger partial charge in [0.15, 0.2) is 0 Å². The molecule has 0 spiro atoms. The number of fused-ring (bicyclic) bond motifs is 1. The number of nitrogens with zero attached hydrogens (tertiary/aromatic N) is 1. The highest BCUT2D eigenvalue weighted by atomic mass is 16.3. The summed E-state index contributed by atoms with van der Waals surface area (Å²) in [7, 11) is 0. The molecule has 2 aromatic carbocycles. The lowest BCUT2D eigenvalue weighted by molar-refractivity contribution is -0.115. The van der Waals surface area contributed by atoms with Gasteiger partial charge in [0.25, 0.3) is 0 Å². The summed E-state index contributed by atoms with van der Waals surface area (Å²) in [6, 6.07) is 10.6. The summed E-state index contributed by atoms with van der Waals surface area (Å²) < 4.78 is 0. The molecular formula is C15H14N2O3. The Kier molecular flexibility index (Phi) is 4.31. The van der Waals surface area contributed by atoms with E-state index >= 15 is 0 Å². The number of anilines is 1. The van der Waals surface area contributed by atoms with Gasteiger partial charge in [0.05, 0.1) is 19.3 Å². The Balaban J connectivity index is 2.53. The highest BCUT2D eigenvalue weighted by molar-refractivity contribution is 5.98. The van der Waals surface area contributed by atoms with Crippen LogP contribution in [-0.4, -0.2) is 16.1 Å². The van der Waals surface area contributed by atoms with Crippen molar-refractivity contribution in [3.8, 4) is 6.07 Å². The summed E-state index contributed by atoms with van der Waals surface area (Å²) in [6.45, 7) is -0.337. The topological polar surface area (TPSA) is 93.4 Å². The predicted octanol–water partition coefficient (Wildman–Crippen LogP) is 1.68. The lowest BCUT2D eigenvalue weighted by Crippen LogP contribution is -2.12. The van der Waals surface area contributed by atoms with Gasteiger partial charge in [-0.3, -0.25) is 4.79 Å². The Morgan fingerprint density at radius 2 is 1.95 bits per heavy atom. The number of nitriles is 1. The van der Waals surface area contributed by atoms with E-state index in [4.69, 9.17) is 5.26 Å². The van der Waals surface area contributed by atoms with Gasteiger partial charge in [-0.05, 0) is 22.4 Å². The fourth-order valence-corrected chi connectivity index (χ4v) is 2.18. The van der Waals surface area contributed by atoms with Crippen molar-refractivity contribution in [1.29, 1.82) is 5.26 Å². The molecule has 0 saturated heterocycles. The molecule has 3 N–H and O–H groups in total. The molecule has 2 aromatic rings. The predicted molar refractivity (Wildman–Crippen MR) is 74.7 cm³/mol. The molecule has 0 saturated carbocycles. The highest BCUT2D eigenvalue weighted by Gasteiger charge is 2.11. The van der Waals surface area contributed by atoms with Crippen molar-refractivity contribution in [3.05, 3.63) is 41.5 Å². The Hall–Kier alpha value is -2.42. The van der Waals surface area contributed by atoms with E-state index in [1.165, 1.54) is 0 Å². The van der Waals surface area contributed by atoms with Crippen molar-refractivity contribution < 1.29 is 15.0 Å². The fourth-order valence-electron chi connectivity index (χ4n) is 2.18. The van der Waals surface area contributed by atoms with Crippen LogP contribution in [0.5, 0.6) is 0 Å². The SMILES string of the molecule is N#CCC(=O)Nc1ccc2c(CO)cccc2c1CO. The van der Waals surface area contributed by atoms with Crippen LogP contribution in [0.1, 0.15) is 17.5 Å². The molecule has 0 unspecified atom stereocenters. The minimum Gasteiger partial charge on any atom is -0.392 e. The molecule has 102 valence electrons. The Bertz CT molecular complexity index is 689. The van der Waals surface area contributed by atoms with Gasteiger partial charge in [-0.15, -0.1) is 0 Å². The van der Waals surface area contributed by atoms with Gasteiger partial charge < -0.3 is 15.5 Å². The molecule has 0 fully saturated rings. The van der Waals surface area contributed by atoms with Crippen LogP contribution in [0.2, 0.25) is 0 Å². The molecule has 0 aliphatic carbocycles. The van der Waals surface area contributed by atoms with E-state index in [1.807, 2.05) is 6.07 Å². The first-order chi connectivity index (χ1) is 9.71. The van der Waals surface area contributed by atoms with Crippen LogP contribution < -0.4 is 5.32 Å². The second-order valence-corrected chi connectivity index (χ2v) is 4.30. The maximum Gasteiger partial charge on any atom is 0.238 e. The smallest absolute Gasteiger partial charge is 0.238 e. The summed E-state index contributed by atoms with van der Waals surface area (Å²) in [4.78, 5) is 11.5. The average molecular weight is 270 g/mol. The lowest BCUT2D eigenvalue weighted by atomic mass is 9.99. The average Bonchev–Trinajstić information content (AvgIpc) is 2.46. The van der Waals surface area contributed by atoms with Gasteiger partial charge in [0.1, 0.15) is 6.42 Å². The minimum atomic E-state index is -0.417. The molecule has 0 heterocycles. The number of benzene rings is 2. The van der Waals surface area contributed by atoms with Crippen LogP contribution in [0.3, 0.4) is 0 Å². The first-order valence-corrected chi connectivity index (χ1v) is 6.13. The molecule has 0 bridgehead atoms. The van der Waals surface area contributed by atoms with Gasteiger partial charge in [0, 0.05) is 11.3 Å². The third kappa shape index (κ3) is 2.62. The maximum absolute atomic E-state index is 11.5. The molecule has 1 amide bonds. The number of carbonyl (C=O) groups is 1. The first-order valence-electron chi connectivity index (χ1n) is 6.13. The van der Waals surface area contributed by atoms with E-state index in [0.717, 1.165) is 16.3 Å². The van der Waals surface area contributed by atoms with Crippen LogP contribution >= 0.6 is 0 Å². The zero-order chi connectivity index (χ0) is 14.5. The number of amides is 1. The zero-order valence-electron chi connectivity index (χ0n) is 10.8. The van der Waals surface area contributed by atoms with Crippen LogP contribution in [0.25, 0.3) is 10.8 Å². The number of rotatable bonds is 4. The van der Waals surface area contributed by atoms with Crippen molar-refractivity contribution in [2.45, 2.75) is 19.6 Å². The van der Waals surface area contributed by atoms with Crippen LogP contribution in [-0.2, 0) is 18.0 Å². The third-order valence-corrected chi connectivity index (χ3v) is 3.11. The molecule has 5 nitrogen and oxygen atoms in total. The van der Waals surface area contributed by atoms with Crippen molar-refractivity contribution in [1.82, 2.24) is 0 Å². The Morgan fingerprint density at radius 3 is 2.60 bits per heavy atom. The normalized spacial score (nSPS) is 10.2. The second kappa shape index (κ2) is 6.15. The van der Waals surface area contributed by atoms with Gasteiger partial charge in [-0.25, -0.2) is 0 Å². The number of aliphatic hydroxyl groups excluding tert-OH is 2. The first kappa shape index (κ1) is 14.0. The Labute approximate surface area is 116 Å².